The molecule has 2 aromatic heterocycles. The van der Waals surface area contributed by atoms with Crippen LogP contribution in [0.15, 0.2) is 34.0 Å². The number of hydrogen-bond donors (Lipinski definition) is 1. The minimum atomic E-state index is -3.56. The molecule has 7 heteroatoms. The molecule has 0 aliphatic heterocycles. The van der Waals surface area contributed by atoms with Crippen LogP contribution in [0.25, 0.3) is 0 Å². The van der Waals surface area contributed by atoms with Gasteiger partial charge in [-0.05, 0) is 30.4 Å². The molecule has 0 aromatic carbocycles. The van der Waals surface area contributed by atoms with Crippen LogP contribution in [0.1, 0.15) is 25.5 Å². The van der Waals surface area contributed by atoms with Gasteiger partial charge in [-0.25, -0.2) is 23.1 Å². The van der Waals surface area contributed by atoms with E-state index in [1.165, 1.54) is 0 Å². The second kappa shape index (κ2) is 6.12. The van der Waals surface area contributed by atoms with Gasteiger partial charge in [0.25, 0.3) is 10.0 Å². The van der Waals surface area contributed by atoms with Crippen molar-refractivity contribution in [2.45, 2.75) is 30.4 Å². The Balaban J connectivity index is 2.15. The molecule has 0 unspecified atom stereocenters. The Kier molecular flexibility index (Phi) is 4.49. The van der Waals surface area contributed by atoms with E-state index in [1.807, 2.05) is 0 Å². The third-order valence-corrected chi connectivity index (χ3v) is 5.21. The van der Waals surface area contributed by atoms with Gasteiger partial charge in [-0.3, -0.25) is 0 Å². The number of thiophene rings is 1. The molecule has 0 saturated heterocycles. The van der Waals surface area contributed by atoms with Gasteiger partial charge in [-0.2, -0.15) is 0 Å². The zero-order chi connectivity index (χ0) is 13.7. The third kappa shape index (κ3) is 3.74. The number of unbranched alkanes of at least 4 members (excludes halogenated alkanes) is 1. The summed E-state index contributed by atoms with van der Waals surface area (Å²) in [4.78, 5) is 8.15. The maximum Gasteiger partial charge on any atom is 0.273 e. The first-order chi connectivity index (χ1) is 9.12. The SMILES string of the molecule is CCCCc1ccnc(NS(=O)(=O)c2cccs2)n1. The number of nitrogens with zero attached hydrogens (tertiary/aromatic N) is 2. The van der Waals surface area contributed by atoms with Crippen molar-refractivity contribution < 1.29 is 8.42 Å². The van der Waals surface area contributed by atoms with Gasteiger partial charge in [0.15, 0.2) is 0 Å². The average molecular weight is 297 g/mol. The number of aryl methyl sites for hydroxylation is 1. The van der Waals surface area contributed by atoms with E-state index in [1.54, 1.807) is 29.8 Å². The van der Waals surface area contributed by atoms with Gasteiger partial charge < -0.3 is 0 Å². The average Bonchev–Trinajstić information content (AvgIpc) is 2.91. The summed E-state index contributed by atoms with van der Waals surface area (Å²) in [6.45, 7) is 2.10. The van der Waals surface area contributed by atoms with E-state index >= 15 is 0 Å². The molecule has 2 aromatic rings. The molecule has 0 radical (unpaired) electrons. The van der Waals surface area contributed by atoms with Crippen molar-refractivity contribution in [3.05, 3.63) is 35.5 Å². The van der Waals surface area contributed by atoms with Gasteiger partial charge in [0.1, 0.15) is 4.21 Å². The molecular formula is C12H15N3O2S2. The summed E-state index contributed by atoms with van der Waals surface area (Å²) < 4.78 is 26.7. The van der Waals surface area contributed by atoms with Crippen LogP contribution in [0, 0.1) is 0 Å². The number of sulfonamides is 1. The van der Waals surface area contributed by atoms with Gasteiger partial charge in [0.2, 0.25) is 5.95 Å². The van der Waals surface area contributed by atoms with E-state index in [0.29, 0.717) is 0 Å². The molecule has 0 aliphatic carbocycles. The van der Waals surface area contributed by atoms with Crippen LogP contribution in [0.2, 0.25) is 0 Å². The Hall–Kier alpha value is -1.47. The highest BCUT2D eigenvalue weighted by molar-refractivity contribution is 7.94. The van der Waals surface area contributed by atoms with Crippen LogP contribution in [-0.4, -0.2) is 18.4 Å². The molecule has 0 aliphatic rings. The van der Waals surface area contributed by atoms with E-state index in [9.17, 15) is 8.42 Å². The predicted octanol–water partition coefficient (Wildman–Crippen LogP) is 2.68. The lowest BCUT2D eigenvalue weighted by Gasteiger charge is -2.05. The van der Waals surface area contributed by atoms with Crippen LogP contribution in [0.4, 0.5) is 5.95 Å². The summed E-state index contributed by atoms with van der Waals surface area (Å²) >= 11 is 1.16. The van der Waals surface area contributed by atoms with Crippen LogP contribution < -0.4 is 4.72 Å². The second-order valence-electron chi connectivity index (χ2n) is 4.01. The molecule has 0 atom stereocenters. The van der Waals surface area contributed by atoms with E-state index in [0.717, 1.165) is 36.3 Å². The number of aromatic nitrogens is 2. The summed E-state index contributed by atoms with van der Waals surface area (Å²) in [5.41, 5.74) is 0.848. The number of anilines is 1. The van der Waals surface area contributed by atoms with Gasteiger partial charge in [-0.15, -0.1) is 11.3 Å². The Morgan fingerprint density at radius 3 is 2.89 bits per heavy atom. The summed E-state index contributed by atoms with van der Waals surface area (Å²) in [5.74, 6) is 0.127. The van der Waals surface area contributed by atoms with Crippen LogP contribution in [-0.2, 0) is 16.4 Å². The van der Waals surface area contributed by atoms with Gasteiger partial charge in [0, 0.05) is 11.9 Å². The standard InChI is InChI=1S/C12H15N3O2S2/c1-2-3-5-10-7-8-13-12(14-10)15-19(16,17)11-6-4-9-18-11/h4,6-9H,2-3,5H2,1H3,(H,13,14,15). The monoisotopic (exact) mass is 297 g/mol. The first-order valence-corrected chi connectivity index (χ1v) is 8.36. The number of rotatable bonds is 6. The molecule has 0 bridgehead atoms. The molecule has 0 spiro atoms. The molecule has 0 amide bonds. The fraction of sp³-hybridized carbons (Fsp3) is 0.333. The summed E-state index contributed by atoms with van der Waals surface area (Å²) in [5, 5.41) is 1.72. The second-order valence-corrected chi connectivity index (χ2v) is 6.87. The molecule has 2 rings (SSSR count). The van der Waals surface area contributed by atoms with E-state index in [4.69, 9.17) is 0 Å². The van der Waals surface area contributed by atoms with Crippen LogP contribution in [0.5, 0.6) is 0 Å². The van der Waals surface area contributed by atoms with Crippen molar-refractivity contribution in [3.63, 3.8) is 0 Å². The lowest BCUT2D eigenvalue weighted by Crippen LogP contribution is -2.14. The molecule has 5 nitrogen and oxygen atoms in total. The summed E-state index contributed by atoms with van der Waals surface area (Å²) in [7, 11) is -3.56. The largest absolute Gasteiger partial charge is 0.273 e. The Bertz CT molecular complexity index is 624. The predicted molar refractivity (Wildman–Crippen MR) is 75.8 cm³/mol. The van der Waals surface area contributed by atoms with Crippen molar-refractivity contribution in [1.82, 2.24) is 9.97 Å². The lowest BCUT2D eigenvalue weighted by atomic mass is 10.2. The number of nitrogens with one attached hydrogen (secondary N) is 1. The smallest absolute Gasteiger partial charge is 0.247 e. The maximum absolute atomic E-state index is 12.0. The van der Waals surface area contributed by atoms with E-state index in [2.05, 4.69) is 21.6 Å². The molecule has 19 heavy (non-hydrogen) atoms. The first-order valence-electron chi connectivity index (χ1n) is 6.00. The quantitative estimate of drug-likeness (QED) is 0.889. The fourth-order valence-electron chi connectivity index (χ4n) is 1.53. The maximum atomic E-state index is 12.0. The molecule has 1 N–H and O–H groups in total. The summed E-state index contributed by atoms with van der Waals surface area (Å²) in [6.07, 6.45) is 4.49. The van der Waals surface area contributed by atoms with Crippen molar-refractivity contribution in [3.8, 4) is 0 Å². The van der Waals surface area contributed by atoms with Crippen molar-refractivity contribution in [2.24, 2.45) is 0 Å². The number of hydrogen-bond acceptors (Lipinski definition) is 5. The molecule has 102 valence electrons. The Morgan fingerprint density at radius 1 is 1.37 bits per heavy atom. The molecule has 2 heterocycles. The topological polar surface area (TPSA) is 72.0 Å². The molecule has 0 saturated carbocycles. The van der Waals surface area contributed by atoms with E-state index < -0.39 is 10.0 Å². The van der Waals surface area contributed by atoms with Crippen LogP contribution >= 0.6 is 11.3 Å². The lowest BCUT2D eigenvalue weighted by molar-refractivity contribution is 0.602. The van der Waals surface area contributed by atoms with Crippen molar-refractivity contribution in [1.29, 1.82) is 0 Å². The fourth-order valence-corrected chi connectivity index (χ4v) is 3.47. The highest BCUT2D eigenvalue weighted by atomic mass is 32.2. The van der Waals surface area contributed by atoms with Crippen molar-refractivity contribution in [2.75, 3.05) is 4.72 Å². The first kappa shape index (κ1) is 14.0. The van der Waals surface area contributed by atoms with Gasteiger partial charge in [-0.1, -0.05) is 19.4 Å². The zero-order valence-corrected chi connectivity index (χ0v) is 12.2. The Labute approximate surface area is 116 Å². The van der Waals surface area contributed by atoms with Gasteiger partial charge in [0.05, 0.1) is 0 Å². The van der Waals surface area contributed by atoms with Crippen LogP contribution in [0.3, 0.4) is 0 Å². The zero-order valence-electron chi connectivity index (χ0n) is 10.5. The highest BCUT2D eigenvalue weighted by Gasteiger charge is 2.16. The Morgan fingerprint density at radius 2 is 2.21 bits per heavy atom. The summed E-state index contributed by atoms with van der Waals surface area (Å²) in [6, 6.07) is 5.05. The van der Waals surface area contributed by atoms with E-state index in [-0.39, 0.29) is 10.2 Å². The molecule has 0 fully saturated rings. The minimum absolute atomic E-state index is 0.127. The minimum Gasteiger partial charge on any atom is -0.247 e. The van der Waals surface area contributed by atoms with Gasteiger partial charge >= 0.3 is 0 Å². The highest BCUT2D eigenvalue weighted by Crippen LogP contribution is 2.18. The third-order valence-electron chi connectivity index (χ3n) is 2.49. The molecular weight excluding hydrogens is 282 g/mol. The normalized spacial score (nSPS) is 11.4. The van der Waals surface area contributed by atoms with Crippen molar-refractivity contribution >= 4 is 27.3 Å².